The lowest BCUT2D eigenvalue weighted by Gasteiger charge is -2.04. The summed E-state index contributed by atoms with van der Waals surface area (Å²) < 4.78 is 0. The van der Waals surface area contributed by atoms with Crippen LogP contribution in [0.1, 0.15) is 6.42 Å². The summed E-state index contributed by atoms with van der Waals surface area (Å²) in [6.07, 6.45) is -0.0208. The van der Waals surface area contributed by atoms with Crippen LogP contribution in [-0.4, -0.2) is 22.7 Å². The van der Waals surface area contributed by atoms with E-state index in [9.17, 15) is 4.79 Å². The average Bonchev–Trinajstić information content (AvgIpc) is 1.61. The summed E-state index contributed by atoms with van der Waals surface area (Å²) in [5.41, 5.74) is 0. The molecule has 48 valence electrons. The van der Waals surface area contributed by atoms with Gasteiger partial charge >= 0.3 is 5.97 Å². The molecule has 0 saturated heterocycles. The third kappa shape index (κ3) is 5.35. The van der Waals surface area contributed by atoms with Crippen molar-refractivity contribution in [2.75, 3.05) is 6.54 Å². The third-order valence-corrected chi connectivity index (χ3v) is 0.584. The minimum atomic E-state index is -0.897. The smallest absolute Gasteiger partial charge is 0.304 e. The molecule has 5 nitrogen and oxygen atoms in total. The lowest BCUT2D eigenvalue weighted by atomic mass is 10.4. The van der Waals surface area contributed by atoms with Crippen molar-refractivity contribution in [3.8, 4) is 0 Å². The van der Waals surface area contributed by atoms with Crippen molar-refractivity contribution >= 4 is 5.97 Å². The summed E-state index contributed by atoms with van der Waals surface area (Å²) >= 11 is 0. The van der Waals surface area contributed by atoms with E-state index >= 15 is 0 Å². The lowest BCUT2D eigenvalue weighted by Crippen LogP contribution is -2.39. The molecule has 0 aromatic carbocycles. The van der Waals surface area contributed by atoms with E-state index in [4.69, 9.17) is 16.8 Å². The molecule has 5 N–H and O–H groups in total. The van der Waals surface area contributed by atoms with Crippen LogP contribution in [0.5, 0.6) is 0 Å². The highest BCUT2D eigenvalue weighted by molar-refractivity contribution is 5.66. The highest BCUT2D eigenvalue weighted by atomic mass is 16.4. The standard InChI is InChI=1S/C3H9N3O2/c4-6(5)2-1-3(7)8/h1-2,4-5H2,(H,7,8). The van der Waals surface area contributed by atoms with E-state index in [0.29, 0.717) is 0 Å². The van der Waals surface area contributed by atoms with E-state index in [0.717, 1.165) is 5.12 Å². The van der Waals surface area contributed by atoms with E-state index < -0.39 is 5.97 Å². The summed E-state index contributed by atoms with van der Waals surface area (Å²) in [7, 11) is 0. The third-order valence-electron chi connectivity index (χ3n) is 0.584. The first-order chi connectivity index (χ1) is 3.63. The number of hydrogen-bond acceptors (Lipinski definition) is 4. The van der Waals surface area contributed by atoms with Gasteiger partial charge in [0.1, 0.15) is 0 Å². The Kier molecular flexibility index (Phi) is 3.09. The summed E-state index contributed by atoms with van der Waals surface area (Å²) in [6, 6.07) is 0. The Hall–Kier alpha value is -0.650. The number of nitrogens with two attached hydrogens (primary N) is 2. The summed E-state index contributed by atoms with van der Waals surface area (Å²) in [5.74, 6) is 8.88. The van der Waals surface area contributed by atoms with E-state index in [1.165, 1.54) is 0 Å². The Morgan fingerprint density at radius 1 is 1.62 bits per heavy atom. The number of hydrogen-bond donors (Lipinski definition) is 3. The normalized spacial score (nSPS) is 9.88. The first-order valence-corrected chi connectivity index (χ1v) is 2.11. The van der Waals surface area contributed by atoms with Gasteiger partial charge in [0.15, 0.2) is 0 Å². The molecular weight excluding hydrogens is 110 g/mol. The van der Waals surface area contributed by atoms with Crippen LogP contribution in [-0.2, 0) is 4.79 Å². The molecule has 0 unspecified atom stereocenters. The zero-order valence-electron chi connectivity index (χ0n) is 4.37. The fraction of sp³-hybridized carbons (Fsp3) is 0.667. The second-order valence-corrected chi connectivity index (χ2v) is 1.38. The maximum absolute atomic E-state index is 9.77. The fourth-order valence-electron chi connectivity index (χ4n) is 0.225. The van der Waals surface area contributed by atoms with Crippen molar-refractivity contribution in [1.82, 2.24) is 5.12 Å². The van der Waals surface area contributed by atoms with Crippen LogP contribution >= 0.6 is 0 Å². The molecule has 0 aromatic heterocycles. The van der Waals surface area contributed by atoms with Crippen molar-refractivity contribution < 1.29 is 9.90 Å². The van der Waals surface area contributed by atoms with Crippen molar-refractivity contribution in [2.45, 2.75) is 6.42 Å². The molecule has 0 aliphatic rings. The molecule has 5 heteroatoms. The van der Waals surface area contributed by atoms with Gasteiger partial charge in [-0.2, -0.15) is 5.12 Å². The Bertz CT molecular complexity index is 82.6. The predicted octanol–water partition coefficient (Wildman–Crippen LogP) is -1.49. The maximum atomic E-state index is 9.77. The second-order valence-electron chi connectivity index (χ2n) is 1.38. The number of hydrazine groups is 2. The molecule has 0 fully saturated rings. The molecule has 0 bridgehead atoms. The van der Waals surface area contributed by atoms with Gasteiger partial charge in [-0.25, -0.2) is 0 Å². The lowest BCUT2D eigenvalue weighted by molar-refractivity contribution is -0.137. The zero-order chi connectivity index (χ0) is 6.57. The maximum Gasteiger partial charge on any atom is 0.304 e. The van der Waals surface area contributed by atoms with Crippen molar-refractivity contribution in [1.29, 1.82) is 0 Å². The van der Waals surface area contributed by atoms with Crippen LogP contribution in [0.3, 0.4) is 0 Å². The van der Waals surface area contributed by atoms with Crippen molar-refractivity contribution in [3.05, 3.63) is 0 Å². The molecule has 0 heterocycles. The Labute approximate surface area is 46.8 Å². The number of carboxylic acids is 1. The van der Waals surface area contributed by atoms with Crippen LogP contribution in [0.25, 0.3) is 0 Å². The van der Waals surface area contributed by atoms with Crippen molar-refractivity contribution in [2.24, 2.45) is 11.7 Å². The minimum absolute atomic E-state index is 0.0208. The number of carbonyl (C=O) groups is 1. The average molecular weight is 119 g/mol. The largest absolute Gasteiger partial charge is 0.481 e. The summed E-state index contributed by atoms with van der Waals surface area (Å²) in [6.45, 7) is 0.176. The van der Waals surface area contributed by atoms with E-state index in [2.05, 4.69) is 0 Å². The van der Waals surface area contributed by atoms with E-state index in [1.54, 1.807) is 0 Å². The minimum Gasteiger partial charge on any atom is -0.481 e. The van der Waals surface area contributed by atoms with Gasteiger partial charge in [-0.05, 0) is 0 Å². The molecule has 0 aliphatic carbocycles. The van der Waals surface area contributed by atoms with Crippen LogP contribution in [0, 0.1) is 0 Å². The molecule has 0 rings (SSSR count). The number of aliphatic carboxylic acids is 1. The Morgan fingerprint density at radius 2 is 2.12 bits per heavy atom. The molecule has 0 radical (unpaired) electrons. The monoisotopic (exact) mass is 119 g/mol. The highest BCUT2D eigenvalue weighted by Gasteiger charge is 1.96. The van der Waals surface area contributed by atoms with Crippen LogP contribution < -0.4 is 11.7 Å². The van der Waals surface area contributed by atoms with Crippen LogP contribution in [0.2, 0.25) is 0 Å². The van der Waals surface area contributed by atoms with E-state index in [1.807, 2.05) is 0 Å². The predicted molar refractivity (Wildman–Crippen MR) is 27.3 cm³/mol. The molecule has 0 amide bonds. The Morgan fingerprint density at radius 3 is 2.25 bits per heavy atom. The second kappa shape index (κ2) is 3.36. The highest BCUT2D eigenvalue weighted by Crippen LogP contribution is 1.75. The molecule has 0 aromatic rings. The number of rotatable bonds is 3. The van der Waals surface area contributed by atoms with Gasteiger partial charge in [0.2, 0.25) is 0 Å². The first kappa shape index (κ1) is 7.35. The summed E-state index contributed by atoms with van der Waals surface area (Å²) in [5, 5.41) is 8.87. The quantitative estimate of drug-likeness (QED) is 0.311. The van der Waals surface area contributed by atoms with Gasteiger partial charge < -0.3 is 5.11 Å². The van der Waals surface area contributed by atoms with Gasteiger partial charge in [-0.3, -0.25) is 16.5 Å². The molecule has 0 spiro atoms. The number of carboxylic acid groups (broad SMARTS) is 1. The molecule has 8 heavy (non-hydrogen) atoms. The van der Waals surface area contributed by atoms with Gasteiger partial charge in [0.25, 0.3) is 0 Å². The molecule has 0 aliphatic heterocycles. The van der Waals surface area contributed by atoms with Gasteiger partial charge in [0.05, 0.1) is 6.42 Å². The van der Waals surface area contributed by atoms with Crippen LogP contribution in [0.15, 0.2) is 0 Å². The van der Waals surface area contributed by atoms with E-state index in [-0.39, 0.29) is 13.0 Å². The first-order valence-electron chi connectivity index (χ1n) is 2.11. The van der Waals surface area contributed by atoms with Crippen molar-refractivity contribution in [3.63, 3.8) is 0 Å². The molecular formula is C3H9N3O2. The van der Waals surface area contributed by atoms with Gasteiger partial charge in [-0.15, -0.1) is 0 Å². The zero-order valence-corrected chi connectivity index (χ0v) is 4.37. The SMILES string of the molecule is NN(N)CCC(=O)O. The fourth-order valence-corrected chi connectivity index (χ4v) is 0.225. The van der Waals surface area contributed by atoms with Gasteiger partial charge in [-0.1, -0.05) is 0 Å². The topological polar surface area (TPSA) is 92.6 Å². The van der Waals surface area contributed by atoms with Crippen LogP contribution in [0.4, 0.5) is 0 Å². The summed E-state index contributed by atoms with van der Waals surface area (Å²) in [4.78, 5) is 9.77. The van der Waals surface area contributed by atoms with Gasteiger partial charge in [0, 0.05) is 6.54 Å². The number of nitrogens with zero attached hydrogens (tertiary/aromatic N) is 1. The Balaban J connectivity index is 3.05. The molecule has 0 atom stereocenters. The molecule has 0 saturated carbocycles.